The molecule has 0 unspecified atom stereocenters. The Morgan fingerprint density at radius 3 is 2.23 bits per heavy atom. The summed E-state index contributed by atoms with van der Waals surface area (Å²) in [6.07, 6.45) is 1.49. The van der Waals surface area contributed by atoms with E-state index in [0.29, 0.717) is 17.2 Å². The molecular weight excluding hydrogens is 556 g/mol. The van der Waals surface area contributed by atoms with E-state index in [9.17, 15) is 24.0 Å². The van der Waals surface area contributed by atoms with Crippen LogP contribution in [-0.2, 0) is 35.3 Å². The van der Waals surface area contributed by atoms with Crippen LogP contribution in [-0.4, -0.2) is 54.5 Å². The Hall–Kier alpha value is -4.61. The zero-order chi connectivity index (χ0) is 30.8. The molecule has 0 spiro atoms. The highest BCUT2D eigenvalue weighted by molar-refractivity contribution is 5.94. The maximum atomic E-state index is 13.4. The highest BCUT2D eigenvalue weighted by Gasteiger charge is 2.31. The molecule has 230 valence electrons. The smallest absolute Gasteiger partial charge is 0.306 e. The van der Waals surface area contributed by atoms with Crippen molar-refractivity contribution in [2.24, 2.45) is 5.92 Å². The van der Waals surface area contributed by atoms with E-state index in [1.807, 2.05) is 30.3 Å². The van der Waals surface area contributed by atoms with Crippen LogP contribution in [0.25, 0.3) is 0 Å². The van der Waals surface area contributed by atoms with Gasteiger partial charge in [-0.2, -0.15) is 0 Å². The highest BCUT2D eigenvalue weighted by atomic mass is 16.7. The largest absolute Gasteiger partial charge is 0.461 e. The van der Waals surface area contributed by atoms with Gasteiger partial charge < -0.3 is 35.5 Å². The van der Waals surface area contributed by atoms with Crippen LogP contribution < -0.4 is 30.7 Å². The molecule has 4 amide bonds. The van der Waals surface area contributed by atoms with Crippen molar-refractivity contribution in [2.75, 3.05) is 12.1 Å². The van der Waals surface area contributed by atoms with Gasteiger partial charge in [-0.25, -0.2) is 0 Å². The van der Waals surface area contributed by atoms with E-state index in [4.69, 9.17) is 14.2 Å². The Kier molecular flexibility index (Phi) is 11.0. The van der Waals surface area contributed by atoms with Gasteiger partial charge in [-0.05, 0) is 43.4 Å². The fourth-order valence-corrected chi connectivity index (χ4v) is 4.22. The molecule has 12 heteroatoms. The Morgan fingerprint density at radius 2 is 1.51 bits per heavy atom. The number of nitrogens with one attached hydrogen (secondary N) is 4. The molecule has 0 bridgehead atoms. The number of amides is 4. The second-order valence-corrected chi connectivity index (χ2v) is 10.9. The maximum Gasteiger partial charge on any atom is 0.306 e. The Bertz CT molecular complexity index is 1310. The summed E-state index contributed by atoms with van der Waals surface area (Å²) in [4.78, 5) is 64.0. The van der Waals surface area contributed by atoms with E-state index in [-0.39, 0.29) is 56.9 Å². The molecule has 1 heterocycles. The van der Waals surface area contributed by atoms with Crippen LogP contribution in [0.5, 0.6) is 11.5 Å². The van der Waals surface area contributed by atoms with Crippen LogP contribution >= 0.6 is 0 Å². The molecule has 2 aliphatic rings. The average Bonchev–Trinajstić information content (AvgIpc) is 3.68. The number of anilines is 1. The molecule has 0 radical (unpaired) electrons. The van der Waals surface area contributed by atoms with Gasteiger partial charge in [0.1, 0.15) is 18.7 Å². The third-order valence-electron chi connectivity index (χ3n) is 6.91. The van der Waals surface area contributed by atoms with E-state index in [1.54, 1.807) is 32.0 Å². The minimum absolute atomic E-state index is 0.00730. The second kappa shape index (κ2) is 15.0. The molecule has 2 aromatic carbocycles. The predicted octanol–water partition coefficient (Wildman–Crippen LogP) is 2.56. The van der Waals surface area contributed by atoms with Gasteiger partial charge in [-0.3, -0.25) is 24.0 Å². The highest BCUT2D eigenvalue weighted by Crippen LogP contribution is 2.34. The summed E-state index contributed by atoms with van der Waals surface area (Å²) < 4.78 is 15.9. The minimum atomic E-state index is -1.08. The van der Waals surface area contributed by atoms with Crippen molar-refractivity contribution < 1.29 is 38.2 Å². The van der Waals surface area contributed by atoms with Gasteiger partial charge in [0.05, 0.1) is 0 Å². The van der Waals surface area contributed by atoms with Crippen molar-refractivity contribution in [1.82, 2.24) is 16.0 Å². The zero-order valence-corrected chi connectivity index (χ0v) is 24.4. The zero-order valence-electron chi connectivity index (χ0n) is 24.4. The number of hydrogen-bond donors (Lipinski definition) is 4. The van der Waals surface area contributed by atoms with Gasteiger partial charge >= 0.3 is 5.97 Å². The topological polar surface area (TPSA) is 161 Å². The summed E-state index contributed by atoms with van der Waals surface area (Å²) in [7, 11) is 0. The predicted molar refractivity (Wildman–Crippen MR) is 156 cm³/mol. The van der Waals surface area contributed by atoms with Crippen molar-refractivity contribution in [3.05, 3.63) is 54.1 Å². The molecule has 1 saturated carbocycles. The summed E-state index contributed by atoms with van der Waals surface area (Å²) in [5.74, 6) is -1.62. The van der Waals surface area contributed by atoms with Crippen molar-refractivity contribution in [3.63, 3.8) is 0 Å². The lowest BCUT2D eigenvalue weighted by Crippen LogP contribution is -2.54. The number of carbonyl (C=O) groups is 5. The van der Waals surface area contributed by atoms with E-state index >= 15 is 0 Å². The summed E-state index contributed by atoms with van der Waals surface area (Å²) in [6, 6.07) is 12.1. The summed E-state index contributed by atoms with van der Waals surface area (Å²) in [6.45, 7) is 3.57. The lowest BCUT2D eigenvalue weighted by molar-refractivity contribution is -0.145. The fourth-order valence-electron chi connectivity index (χ4n) is 4.22. The van der Waals surface area contributed by atoms with Crippen LogP contribution in [0.3, 0.4) is 0 Å². The molecule has 4 rings (SSSR count). The van der Waals surface area contributed by atoms with Gasteiger partial charge in [0.15, 0.2) is 11.5 Å². The number of esters is 1. The third-order valence-corrected chi connectivity index (χ3v) is 6.91. The van der Waals surface area contributed by atoms with Gasteiger partial charge in [0.2, 0.25) is 30.4 Å². The fraction of sp³-hybridized carbons (Fsp3) is 0.452. The van der Waals surface area contributed by atoms with Crippen LogP contribution in [0.2, 0.25) is 0 Å². The van der Waals surface area contributed by atoms with Gasteiger partial charge in [-0.1, -0.05) is 44.2 Å². The molecule has 12 nitrogen and oxygen atoms in total. The Morgan fingerprint density at radius 1 is 0.837 bits per heavy atom. The number of benzene rings is 2. The molecule has 2 aromatic rings. The van der Waals surface area contributed by atoms with Gasteiger partial charge in [-0.15, -0.1) is 0 Å². The summed E-state index contributed by atoms with van der Waals surface area (Å²) in [5.41, 5.74) is 1.33. The first-order valence-corrected chi connectivity index (χ1v) is 14.5. The normalized spacial score (nSPS) is 14.8. The third kappa shape index (κ3) is 10.0. The van der Waals surface area contributed by atoms with Crippen LogP contribution in [0.1, 0.15) is 57.9 Å². The maximum absolute atomic E-state index is 13.4. The lowest BCUT2D eigenvalue weighted by atomic mass is 10.1. The minimum Gasteiger partial charge on any atom is -0.461 e. The van der Waals surface area contributed by atoms with E-state index in [1.165, 1.54) is 0 Å². The van der Waals surface area contributed by atoms with E-state index in [2.05, 4.69) is 21.3 Å². The van der Waals surface area contributed by atoms with Gasteiger partial charge in [0.25, 0.3) is 0 Å². The second-order valence-electron chi connectivity index (χ2n) is 10.9. The molecule has 4 N–H and O–H groups in total. The number of ether oxygens (including phenoxy) is 3. The summed E-state index contributed by atoms with van der Waals surface area (Å²) >= 11 is 0. The summed E-state index contributed by atoms with van der Waals surface area (Å²) in [5, 5.41) is 11.0. The van der Waals surface area contributed by atoms with Crippen LogP contribution in [0.4, 0.5) is 5.69 Å². The number of hydrogen-bond acceptors (Lipinski definition) is 8. The van der Waals surface area contributed by atoms with Crippen molar-refractivity contribution in [3.8, 4) is 11.5 Å². The molecule has 0 saturated heterocycles. The van der Waals surface area contributed by atoms with Crippen LogP contribution in [0.15, 0.2) is 48.5 Å². The molecule has 2 atom stereocenters. The number of carbonyl (C=O) groups excluding carboxylic acids is 5. The molecule has 1 aliphatic heterocycles. The van der Waals surface area contributed by atoms with E-state index in [0.717, 1.165) is 18.4 Å². The average molecular weight is 595 g/mol. The lowest BCUT2D eigenvalue weighted by Gasteiger charge is -2.23. The SMILES string of the molecule is CC(C)C(=O)N[C@H](CCC(=O)Nc1ccc2c(c1)OCO2)C(=O)N[C@H](CCC(=O)OCc1ccccc1)C(=O)NC1CC1. The Balaban J connectivity index is 1.35. The number of rotatable bonds is 15. The molecule has 43 heavy (non-hydrogen) atoms. The molecule has 1 fully saturated rings. The van der Waals surface area contributed by atoms with E-state index < -0.39 is 35.8 Å². The monoisotopic (exact) mass is 594 g/mol. The molecular formula is C31H38N4O8. The standard InChI is InChI=1S/C31H38N4O8/c1-19(2)29(38)34-23(11-14-27(36)32-22-10-13-25-26(16-22)43-18-42-25)31(40)35-24(30(39)33-21-8-9-21)12-15-28(37)41-17-20-6-4-3-5-7-20/h3-7,10,13,16,19,21,23-24H,8-9,11-12,14-15,17-18H2,1-2H3,(H,32,36)(H,33,39)(H,34,38)(H,35,40)/t23-,24-/m1/s1. The molecule has 1 aliphatic carbocycles. The Labute approximate surface area is 250 Å². The molecule has 0 aromatic heterocycles. The quantitative estimate of drug-likeness (QED) is 0.229. The number of fused-ring (bicyclic) bond motifs is 1. The first kappa shape index (κ1) is 31.3. The first-order valence-electron chi connectivity index (χ1n) is 14.5. The van der Waals surface area contributed by atoms with Crippen molar-refractivity contribution in [2.45, 2.75) is 77.1 Å². The van der Waals surface area contributed by atoms with Crippen molar-refractivity contribution >= 4 is 35.3 Å². The van der Waals surface area contributed by atoms with Crippen molar-refractivity contribution in [1.29, 1.82) is 0 Å². The van der Waals surface area contributed by atoms with Gasteiger partial charge in [0, 0.05) is 36.6 Å². The van der Waals surface area contributed by atoms with Crippen LogP contribution in [0, 0.1) is 5.92 Å². The first-order chi connectivity index (χ1) is 20.7.